The minimum absolute atomic E-state index is 0.311. The SMILES string of the molecule is CCC(C#N)NC(=O)c1cnc(Cl)c2ccccc12. The van der Waals surface area contributed by atoms with E-state index >= 15 is 0 Å². The zero-order valence-corrected chi connectivity index (χ0v) is 11.1. The lowest BCUT2D eigenvalue weighted by molar-refractivity contribution is 0.0946. The van der Waals surface area contributed by atoms with Gasteiger partial charge in [-0.15, -0.1) is 0 Å². The van der Waals surface area contributed by atoms with E-state index in [4.69, 9.17) is 16.9 Å². The van der Waals surface area contributed by atoms with Crippen LogP contribution in [0.3, 0.4) is 0 Å². The zero-order valence-electron chi connectivity index (χ0n) is 10.4. The molecule has 1 aromatic carbocycles. The highest BCUT2D eigenvalue weighted by Gasteiger charge is 2.15. The van der Waals surface area contributed by atoms with Gasteiger partial charge >= 0.3 is 0 Å². The molecule has 96 valence electrons. The molecule has 0 saturated heterocycles. The number of carbonyl (C=O) groups excluding carboxylic acids is 1. The topological polar surface area (TPSA) is 65.8 Å². The molecule has 1 amide bonds. The van der Waals surface area contributed by atoms with Gasteiger partial charge in [-0.2, -0.15) is 5.26 Å². The molecule has 0 fully saturated rings. The fourth-order valence-corrected chi connectivity index (χ4v) is 2.01. The molecule has 0 radical (unpaired) electrons. The standard InChI is InChI=1S/C14H12ClN3O/c1-2-9(7-16)18-14(19)12-8-17-13(15)11-6-4-3-5-10(11)12/h3-6,8-9H,2H2,1H3,(H,18,19). The van der Waals surface area contributed by atoms with E-state index in [9.17, 15) is 4.79 Å². The fraction of sp³-hybridized carbons (Fsp3) is 0.214. The van der Waals surface area contributed by atoms with E-state index in [1.165, 1.54) is 6.20 Å². The van der Waals surface area contributed by atoms with Crippen molar-refractivity contribution < 1.29 is 4.79 Å². The van der Waals surface area contributed by atoms with Gasteiger partial charge in [-0.1, -0.05) is 42.8 Å². The van der Waals surface area contributed by atoms with Gasteiger partial charge in [-0.25, -0.2) is 4.98 Å². The molecule has 0 saturated carbocycles. The number of fused-ring (bicyclic) bond motifs is 1. The van der Waals surface area contributed by atoms with Gasteiger partial charge in [0.25, 0.3) is 5.91 Å². The maximum Gasteiger partial charge on any atom is 0.254 e. The molecule has 0 aliphatic carbocycles. The molecule has 0 spiro atoms. The summed E-state index contributed by atoms with van der Waals surface area (Å²) in [7, 11) is 0. The van der Waals surface area contributed by atoms with Crippen molar-refractivity contribution in [3.63, 3.8) is 0 Å². The molecule has 1 heterocycles. The van der Waals surface area contributed by atoms with Crippen LogP contribution in [0.4, 0.5) is 0 Å². The van der Waals surface area contributed by atoms with E-state index in [1.54, 1.807) is 0 Å². The van der Waals surface area contributed by atoms with Crippen molar-refractivity contribution in [3.05, 3.63) is 41.2 Å². The largest absolute Gasteiger partial charge is 0.336 e. The molecule has 2 rings (SSSR count). The van der Waals surface area contributed by atoms with Crippen LogP contribution in [-0.2, 0) is 0 Å². The van der Waals surface area contributed by atoms with Crippen molar-refractivity contribution in [1.29, 1.82) is 5.26 Å². The van der Waals surface area contributed by atoms with Crippen LogP contribution in [0.25, 0.3) is 10.8 Å². The lowest BCUT2D eigenvalue weighted by atomic mass is 10.1. The molecule has 0 aliphatic rings. The first-order chi connectivity index (χ1) is 9.17. The molecule has 1 aromatic heterocycles. The number of aromatic nitrogens is 1. The fourth-order valence-electron chi connectivity index (χ4n) is 1.80. The van der Waals surface area contributed by atoms with Crippen LogP contribution >= 0.6 is 11.6 Å². The number of hydrogen-bond donors (Lipinski definition) is 1. The van der Waals surface area contributed by atoms with Crippen LogP contribution in [0.1, 0.15) is 23.7 Å². The zero-order chi connectivity index (χ0) is 13.8. The summed E-state index contributed by atoms with van der Waals surface area (Å²) in [5.41, 5.74) is 0.425. The Morgan fingerprint density at radius 1 is 1.47 bits per heavy atom. The van der Waals surface area contributed by atoms with Crippen molar-refractivity contribution in [1.82, 2.24) is 10.3 Å². The molecular weight excluding hydrogens is 262 g/mol. The van der Waals surface area contributed by atoms with Gasteiger partial charge in [-0.05, 0) is 11.8 Å². The Hall–Kier alpha value is -2.12. The van der Waals surface area contributed by atoms with Gasteiger partial charge in [-0.3, -0.25) is 4.79 Å². The normalized spacial score (nSPS) is 11.8. The van der Waals surface area contributed by atoms with Crippen LogP contribution < -0.4 is 5.32 Å². The number of rotatable bonds is 3. The number of pyridine rings is 1. The molecule has 0 bridgehead atoms. The van der Waals surface area contributed by atoms with E-state index in [0.29, 0.717) is 17.1 Å². The van der Waals surface area contributed by atoms with E-state index in [1.807, 2.05) is 37.3 Å². The van der Waals surface area contributed by atoms with Gasteiger partial charge < -0.3 is 5.32 Å². The lowest BCUT2D eigenvalue weighted by Crippen LogP contribution is -2.33. The van der Waals surface area contributed by atoms with Gasteiger partial charge in [0.2, 0.25) is 0 Å². The molecule has 1 N–H and O–H groups in total. The summed E-state index contributed by atoms with van der Waals surface area (Å²) in [6, 6.07) is 8.82. The third-order valence-corrected chi connectivity index (χ3v) is 3.16. The first-order valence-electron chi connectivity index (χ1n) is 5.91. The highest BCUT2D eigenvalue weighted by atomic mass is 35.5. The minimum Gasteiger partial charge on any atom is -0.336 e. The summed E-state index contributed by atoms with van der Waals surface area (Å²) >= 11 is 6.00. The Morgan fingerprint density at radius 2 is 2.16 bits per heavy atom. The van der Waals surface area contributed by atoms with Crippen molar-refractivity contribution in [2.75, 3.05) is 0 Å². The maximum atomic E-state index is 12.2. The average Bonchev–Trinajstić information content (AvgIpc) is 2.45. The Kier molecular flexibility index (Phi) is 3.98. The van der Waals surface area contributed by atoms with E-state index in [0.717, 1.165) is 10.8 Å². The molecule has 1 atom stereocenters. The summed E-state index contributed by atoms with van der Waals surface area (Å²) in [6.45, 7) is 1.84. The Bertz CT molecular complexity index is 663. The number of hydrogen-bond acceptors (Lipinski definition) is 3. The molecule has 4 nitrogen and oxygen atoms in total. The van der Waals surface area contributed by atoms with Crippen LogP contribution in [-0.4, -0.2) is 16.9 Å². The number of benzene rings is 1. The maximum absolute atomic E-state index is 12.2. The molecule has 19 heavy (non-hydrogen) atoms. The predicted octanol–water partition coefficient (Wildman–Crippen LogP) is 2.92. The number of nitriles is 1. The summed E-state index contributed by atoms with van der Waals surface area (Å²) in [5, 5.41) is 13.4. The van der Waals surface area contributed by atoms with E-state index in [2.05, 4.69) is 10.3 Å². The third-order valence-electron chi connectivity index (χ3n) is 2.86. The molecule has 0 aliphatic heterocycles. The quantitative estimate of drug-likeness (QED) is 0.875. The Balaban J connectivity index is 2.44. The van der Waals surface area contributed by atoms with Crippen molar-refractivity contribution in [2.45, 2.75) is 19.4 Å². The first-order valence-corrected chi connectivity index (χ1v) is 6.29. The molecule has 2 aromatic rings. The van der Waals surface area contributed by atoms with Crippen LogP contribution in [0.2, 0.25) is 5.15 Å². The van der Waals surface area contributed by atoms with E-state index < -0.39 is 6.04 Å². The Labute approximate surface area is 116 Å². The second-order valence-corrected chi connectivity index (χ2v) is 4.43. The number of nitrogens with one attached hydrogen (secondary N) is 1. The van der Waals surface area contributed by atoms with Gasteiger partial charge in [0.1, 0.15) is 11.2 Å². The molecular formula is C14H12ClN3O. The number of carbonyl (C=O) groups is 1. The molecule has 1 unspecified atom stereocenters. The van der Waals surface area contributed by atoms with Crippen molar-refractivity contribution in [2.24, 2.45) is 0 Å². The van der Waals surface area contributed by atoms with Crippen LogP contribution in [0.15, 0.2) is 30.5 Å². The van der Waals surface area contributed by atoms with Gasteiger partial charge in [0.15, 0.2) is 0 Å². The Morgan fingerprint density at radius 3 is 2.79 bits per heavy atom. The van der Waals surface area contributed by atoms with Crippen LogP contribution in [0, 0.1) is 11.3 Å². The summed E-state index contributed by atoms with van der Waals surface area (Å²) in [6.07, 6.45) is 1.99. The van der Waals surface area contributed by atoms with Crippen LogP contribution in [0.5, 0.6) is 0 Å². The number of nitrogens with zero attached hydrogens (tertiary/aromatic N) is 2. The summed E-state index contributed by atoms with van der Waals surface area (Å²) in [4.78, 5) is 16.2. The highest BCUT2D eigenvalue weighted by Crippen LogP contribution is 2.24. The predicted molar refractivity (Wildman–Crippen MR) is 73.9 cm³/mol. The first kappa shape index (κ1) is 13.3. The summed E-state index contributed by atoms with van der Waals surface area (Å²) in [5.74, 6) is -0.311. The monoisotopic (exact) mass is 273 g/mol. The third kappa shape index (κ3) is 2.67. The van der Waals surface area contributed by atoms with Gasteiger partial charge in [0.05, 0.1) is 11.6 Å². The minimum atomic E-state index is -0.498. The number of amides is 1. The van der Waals surface area contributed by atoms with Crippen molar-refractivity contribution >= 4 is 28.3 Å². The second-order valence-electron chi connectivity index (χ2n) is 4.07. The van der Waals surface area contributed by atoms with E-state index in [-0.39, 0.29) is 5.91 Å². The number of halogens is 1. The highest BCUT2D eigenvalue weighted by molar-refractivity contribution is 6.34. The smallest absolute Gasteiger partial charge is 0.254 e. The van der Waals surface area contributed by atoms with Gasteiger partial charge in [0, 0.05) is 11.6 Å². The molecule has 5 heteroatoms. The second kappa shape index (κ2) is 5.68. The average molecular weight is 274 g/mol. The van der Waals surface area contributed by atoms with Crippen molar-refractivity contribution in [3.8, 4) is 6.07 Å². The lowest BCUT2D eigenvalue weighted by Gasteiger charge is -2.11. The summed E-state index contributed by atoms with van der Waals surface area (Å²) < 4.78 is 0.